The van der Waals surface area contributed by atoms with Gasteiger partial charge in [-0.25, -0.2) is 14.3 Å². The second kappa shape index (κ2) is 5.48. The van der Waals surface area contributed by atoms with E-state index in [0.717, 1.165) is 12.3 Å². The number of hydrogen-bond acceptors (Lipinski definition) is 3. The molecule has 0 saturated carbocycles. The molecule has 0 saturated heterocycles. The van der Waals surface area contributed by atoms with E-state index in [2.05, 4.69) is 10.1 Å². The Morgan fingerprint density at radius 3 is 2.58 bits per heavy atom. The summed E-state index contributed by atoms with van der Waals surface area (Å²) in [4.78, 5) is 15.2. The molecule has 3 aromatic rings. The number of alkyl halides is 3. The molecule has 3 rings (SSSR count). The Labute approximate surface area is 138 Å². The monoisotopic (exact) mass is 355 g/mol. The summed E-state index contributed by atoms with van der Waals surface area (Å²) >= 11 is 5.92. The van der Waals surface area contributed by atoms with E-state index in [-0.39, 0.29) is 11.3 Å². The molecule has 0 fully saturated rings. The molecule has 124 valence electrons. The minimum absolute atomic E-state index is 0.0161. The summed E-state index contributed by atoms with van der Waals surface area (Å²) in [6, 6.07) is 5.47. The van der Waals surface area contributed by atoms with Crippen LogP contribution >= 0.6 is 11.6 Å². The summed E-state index contributed by atoms with van der Waals surface area (Å²) in [6.07, 6.45) is -3.88. The maximum atomic E-state index is 13.3. The van der Waals surface area contributed by atoms with Crippen LogP contribution in [0.4, 0.5) is 13.2 Å². The highest BCUT2D eigenvalue weighted by Gasteiger charge is 2.36. The SMILES string of the molecule is Cc1cc(-c2cc(C(F)(F)F)n3ncc(C(=O)O)c3n2)ccc1Cl. The minimum atomic E-state index is -4.72. The molecule has 0 aliphatic heterocycles. The lowest BCUT2D eigenvalue weighted by atomic mass is 10.1. The molecule has 0 aliphatic carbocycles. The van der Waals surface area contributed by atoms with E-state index in [1.54, 1.807) is 19.1 Å². The second-order valence-corrected chi connectivity index (χ2v) is 5.49. The van der Waals surface area contributed by atoms with E-state index in [0.29, 0.717) is 20.7 Å². The standard InChI is InChI=1S/C15H9ClF3N3O2/c1-7-4-8(2-3-10(7)16)11-5-12(15(17,18)19)22-13(21-11)9(6-20-22)14(23)24/h2-6H,1H3,(H,23,24). The fourth-order valence-electron chi connectivity index (χ4n) is 2.27. The third-order valence-corrected chi connectivity index (χ3v) is 3.87. The summed E-state index contributed by atoms with van der Waals surface area (Å²) in [5.41, 5.74) is -0.855. The van der Waals surface area contributed by atoms with E-state index in [9.17, 15) is 18.0 Å². The zero-order valence-corrected chi connectivity index (χ0v) is 12.9. The average molecular weight is 356 g/mol. The van der Waals surface area contributed by atoms with E-state index >= 15 is 0 Å². The molecule has 2 aromatic heterocycles. The molecule has 24 heavy (non-hydrogen) atoms. The van der Waals surface area contributed by atoms with Gasteiger partial charge in [0.15, 0.2) is 11.3 Å². The van der Waals surface area contributed by atoms with Crippen molar-refractivity contribution in [2.45, 2.75) is 13.1 Å². The number of aromatic nitrogens is 3. The first-order valence-corrected chi connectivity index (χ1v) is 7.02. The summed E-state index contributed by atoms with van der Waals surface area (Å²) in [5.74, 6) is -1.41. The number of carboxylic acid groups (broad SMARTS) is 1. The Kier molecular flexibility index (Phi) is 3.71. The first-order valence-electron chi connectivity index (χ1n) is 6.64. The van der Waals surface area contributed by atoms with Crippen LogP contribution < -0.4 is 0 Å². The van der Waals surface area contributed by atoms with Gasteiger partial charge in [0.05, 0.1) is 11.9 Å². The van der Waals surface area contributed by atoms with Crippen molar-refractivity contribution in [2.75, 3.05) is 0 Å². The highest BCUT2D eigenvalue weighted by atomic mass is 35.5. The molecule has 9 heteroatoms. The molecule has 5 nitrogen and oxygen atoms in total. The smallest absolute Gasteiger partial charge is 0.433 e. The van der Waals surface area contributed by atoms with Crippen molar-refractivity contribution in [3.05, 3.63) is 52.3 Å². The Balaban J connectivity index is 2.34. The fraction of sp³-hybridized carbons (Fsp3) is 0.133. The number of aryl methyl sites for hydroxylation is 1. The van der Waals surface area contributed by atoms with Crippen molar-refractivity contribution in [3.8, 4) is 11.3 Å². The molecule has 0 amide bonds. The van der Waals surface area contributed by atoms with Gasteiger partial charge in [0.2, 0.25) is 0 Å². The van der Waals surface area contributed by atoms with Gasteiger partial charge in [0.1, 0.15) is 5.56 Å². The van der Waals surface area contributed by atoms with Crippen molar-refractivity contribution < 1.29 is 23.1 Å². The Bertz CT molecular complexity index is 966. The highest BCUT2D eigenvalue weighted by Crippen LogP contribution is 2.33. The quantitative estimate of drug-likeness (QED) is 0.752. The number of aromatic carboxylic acids is 1. The zero-order chi connectivity index (χ0) is 17.6. The first kappa shape index (κ1) is 16.3. The lowest BCUT2D eigenvalue weighted by Crippen LogP contribution is -2.14. The predicted molar refractivity (Wildman–Crippen MR) is 80.1 cm³/mol. The largest absolute Gasteiger partial charge is 0.477 e. The lowest BCUT2D eigenvalue weighted by molar-refractivity contribution is -0.142. The van der Waals surface area contributed by atoms with Gasteiger partial charge < -0.3 is 5.11 Å². The summed E-state index contributed by atoms with van der Waals surface area (Å²) in [5, 5.41) is 13.1. The van der Waals surface area contributed by atoms with E-state index in [4.69, 9.17) is 16.7 Å². The average Bonchev–Trinajstić information content (AvgIpc) is 2.92. The summed E-state index contributed by atoms with van der Waals surface area (Å²) < 4.78 is 40.4. The van der Waals surface area contributed by atoms with Crippen LogP contribution in [0.25, 0.3) is 16.9 Å². The molecule has 0 unspecified atom stereocenters. The van der Waals surface area contributed by atoms with Crippen LogP contribution in [0.5, 0.6) is 0 Å². The molecule has 0 radical (unpaired) electrons. The molecule has 0 aliphatic rings. The van der Waals surface area contributed by atoms with Gasteiger partial charge in [-0.3, -0.25) is 0 Å². The van der Waals surface area contributed by atoms with E-state index in [1.807, 2.05) is 0 Å². The van der Waals surface area contributed by atoms with Crippen LogP contribution in [0.2, 0.25) is 5.02 Å². The van der Waals surface area contributed by atoms with E-state index in [1.165, 1.54) is 6.07 Å². The minimum Gasteiger partial charge on any atom is -0.477 e. The number of fused-ring (bicyclic) bond motifs is 1. The molecule has 1 N–H and O–H groups in total. The molecule has 1 aromatic carbocycles. The van der Waals surface area contributed by atoms with E-state index < -0.39 is 23.4 Å². The van der Waals surface area contributed by atoms with Gasteiger partial charge >= 0.3 is 12.1 Å². The summed E-state index contributed by atoms with van der Waals surface area (Å²) in [7, 11) is 0. The Morgan fingerprint density at radius 1 is 1.29 bits per heavy atom. The predicted octanol–water partition coefficient (Wildman–Crippen LogP) is 4.08. The van der Waals surface area contributed by atoms with Gasteiger partial charge in [-0.05, 0) is 30.7 Å². The molecule has 0 atom stereocenters. The lowest BCUT2D eigenvalue weighted by Gasteiger charge is -2.12. The van der Waals surface area contributed by atoms with Crippen LogP contribution in [0.3, 0.4) is 0 Å². The van der Waals surface area contributed by atoms with Gasteiger partial charge in [0, 0.05) is 10.6 Å². The Hall–Kier alpha value is -2.61. The molecular weight excluding hydrogens is 347 g/mol. The second-order valence-electron chi connectivity index (χ2n) is 5.09. The number of carbonyl (C=O) groups is 1. The first-order chi connectivity index (χ1) is 11.2. The molecular formula is C15H9ClF3N3O2. The Morgan fingerprint density at radius 2 is 2.00 bits per heavy atom. The maximum Gasteiger partial charge on any atom is 0.433 e. The van der Waals surface area contributed by atoms with Gasteiger partial charge in [-0.15, -0.1) is 0 Å². The number of benzene rings is 1. The van der Waals surface area contributed by atoms with Crippen molar-refractivity contribution in [1.29, 1.82) is 0 Å². The fourth-order valence-corrected chi connectivity index (χ4v) is 2.39. The van der Waals surface area contributed by atoms with Crippen molar-refractivity contribution in [2.24, 2.45) is 0 Å². The zero-order valence-electron chi connectivity index (χ0n) is 12.1. The third-order valence-electron chi connectivity index (χ3n) is 3.45. The number of hydrogen-bond donors (Lipinski definition) is 1. The number of rotatable bonds is 2. The van der Waals surface area contributed by atoms with Gasteiger partial charge in [-0.2, -0.15) is 18.3 Å². The van der Waals surface area contributed by atoms with Crippen LogP contribution in [0, 0.1) is 6.92 Å². The topological polar surface area (TPSA) is 67.5 Å². The van der Waals surface area contributed by atoms with Crippen molar-refractivity contribution >= 4 is 23.2 Å². The van der Waals surface area contributed by atoms with Crippen LogP contribution in [-0.4, -0.2) is 25.7 Å². The number of carboxylic acids is 1. The van der Waals surface area contributed by atoms with Crippen molar-refractivity contribution in [3.63, 3.8) is 0 Å². The van der Waals surface area contributed by atoms with Crippen LogP contribution in [0.1, 0.15) is 21.6 Å². The third kappa shape index (κ3) is 2.69. The number of halogens is 4. The van der Waals surface area contributed by atoms with Gasteiger partial charge in [-0.1, -0.05) is 17.7 Å². The maximum absolute atomic E-state index is 13.3. The molecule has 0 spiro atoms. The van der Waals surface area contributed by atoms with Crippen LogP contribution in [0.15, 0.2) is 30.5 Å². The number of nitrogens with zero attached hydrogens (tertiary/aromatic N) is 3. The van der Waals surface area contributed by atoms with Gasteiger partial charge in [0.25, 0.3) is 0 Å². The molecule has 0 bridgehead atoms. The van der Waals surface area contributed by atoms with Crippen molar-refractivity contribution in [1.82, 2.24) is 14.6 Å². The normalized spacial score (nSPS) is 11.9. The highest BCUT2D eigenvalue weighted by molar-refractivity contribution is 6.31. The van der Waals surface area contributed by atoms with Crippen LogP contribution in [-0.2, 0) is 6.18 Å². The summed E-state index contributed by atoms with van der Waals surface area (Å²) in [6.45, 7) is 1.70. The molecule has 2 heterocycles.